The zero-order valence-corrected chi connectivity index (χ0v) is 13.0. The molecule has 1 aromatic carbocycles. The van der Waals surface area contributed by atoms with Gasteiger partial charge in [-0.3, -0.25) is 4.68 Å². The highest BCUT2D eigenvalue weighted by Gasteiger charge is 2.20. The Labute approximate surface area is 130 Å². The summed E-state index contributed by atoms with van der Waals surface area (Å²) in [6, 6.07) is 13.0. The van der Waals surface area contributed by atoms with Crippen LogP contribution in [0.4, 0.5) is 5.82 Å². The van der Waals surface area contributed by atoms with E-state index < -0.39 is 0 Å². The molecule has 5 heteroatoms. The number of thioether (sulfide) groups is 1. The van der Waals surface area contributed by atoms with Crippen molar-refractivity contribution in [2.24, 2.45) is 0 Å². The predicted molar refractivity (Wildman–Crippen MR) is 88.5 cm³/mol. The van der Waals surface area contributed by atoms with E-state index in [9.17, 15) is 0 Å². The van der Waals surface area contributed by atoms with Gasteiger partial charge >= 0.3 is 0 Å². The number of hydrogen-bond acceptors (Lipinski definition) is 4. The Kier molecular flexibility index (Phi) is 4.83. The highest BCUT2D eigenvalue weighted by Crippen LogP contribution is 2.23. The summed E-state index contributed by atoms with van der Waals surface area (Å²) in [5, 5.41) is 4.33. The fourth-order valence-corrected chi connectivity index (χ4v) is 3.71. The summed E-state index contributed by atoms with van der Waals surface area (Å²) in [5.74, 6) is 1.78. The van der Waals surface area contributed by atoms with Crippen LogP contribution in [0.3, 0.4) is 0 Å². The molecule has 0 saturated carbocycles. The standard InChI is InChI=1S/C16H22N4S/c17-16-8-11-20(18-16)14-6-9-19(10-7-14)12-13-21-15-4-2-1-3-5-15/h1-5,8,11,14H,6-7,9-10,12-13H2,(H2,17,18). The maximum Gasteiger partial charge on any atom is 0.145 e. The zero-order valence-electron chi connectivity index (χ0n) is 12.2. The first-order valence-corrected chi connectivity index (χ1v) is 8.50. The van der Waals surface area contributed by atoms with Gasteiger partial charge in [0.25, 0.3) is 0 Å². The summed E-state index contributed by atoms with van der Waals surface area (Å²) in [7, 11) is 0. The van der Waals surface area contributed by atoms with Gasteiger partial charge in [0, 0.05) is 36.5 Å². The molecule has 2 aromatic rings. The first-order chi connectivity index (χ1) is 10.3. The van der Waals surface area contributed by atoms with Gasteiger partial charge in [-0.05, 0) is 31.0 Å². The minimum atomic E-state index is 0.514. The Bertz CT molecular complexity index is 546. The molecule has 0 radical (unpaired) electrons. The predicted octanol–water partition coefficient (Wildman–Crippen LogP) is 2.89. The third kappa shape index (κ3) is 4.02. The minimum absolute atomic E-state index is 0.514. The van der Waals surface area contributed by atoms with Crippen molar-refractivity contribution in [3.8, 4) is 0 Å². The van der Waals surface area contributed by atoms with Crippen molar-refractivity contribution >= 4 is 17.6 Å². The Morgan fingerprint density at radius 1 is 1.14 bits per heavy atom. The Hall–Kier alpha value is -1.46. The normalized spacial score (nSPS) is 17.1. The second-order valence-electron chi connectivity index (χ2n) is 5.45. The maximum absolute atomic E-state index is 5.69. The molecule has 1 saturated heterocycles. The van der Waals surface area contributed by atoms with Crippen molar-refractivity contribution in [2.45, 2.75) is 23.8 Å². The van der Waals surface area contributed by atoms with Crippen molar-refractivity contribution in [1.82, 2.24) is 14.7 Å². The maximum atomic E-state index is 5.69. The number of likely N-dealkylation sites (tertiary alicyclic amines) is 1. The molecule has 112 valence electrons. The molecule has 1 aromatic heterocycles. The zero-order chi connectivity index (χ0) is 14.5. The molecule has 0 spiro atoms. The quantitative estimate of drug-likeness (QED) is 0.863. The lowest BCUT2D eigenvalue weighted by molar-refractivity contribution is 0.189. The van der Waals surface area contributed by atoms with Crippen LogP contribution in [0.5, 0.6) is 0 Å². The van der Waals surface area contributed by atoms with Gasteiger partial charge in [-0.25, -0.2) is 0 Å². The summed E-state index contributed by atoms with van der Waals surface area (Å²) in [6.07, 6.45) is 4.33. The average molecular weight is 302 g/mol. The molecule has 1 aliphatic heterocycles. The van der Waals surface area contributed by atoms with Gasteiger partial charge in [0.05, 0.1) is 6.04 Å². The second kappa shape index (κ2) is 7.00. The lowest BCUT2D eigenvalue weighted by Gasteiger charge is -2.31. The second-order valence-corrected chi connectivity index (χ2v) is 6.62. The van der Waals surface area contributed by atoms with Gasteiger partial charge in [-0.1, -0.05) is 18.2 Å². The van der Waals surface area contributed by atoms with E-state index in [2.05, 4.69) is 40.3 Å². The summed E-state index contributed by atoms with van der Waals surface area (Å²) in [6.45, 7) is 3.47. The van der Waals surface area contributed by atoms with Crippen molar-refractivity contribution in [3.05, 3.63) is 42.6 Å². The average Bonchev–Trinajstić information content (AvgIpc) is 2.96. The monoisotopic (exact) mass is 302 g/mol. The molecule has 1 aliphatic rings. The molecule has 21 heavy (non-hydrogen) atoms. The van der Waals surface area contributed by atoms with Crippen LogP contribution in [0.1, 0.15) is 18.9 Å². The van der Waals surface area contributed by atoms with Crippen LogP contribution in [-0.2, 0) is 0 Å². The van der Waals surface area contributed by atoms with Crippen LogP contribution in [0.15, 0.2) is 47.5 Å². The largest absolute Gasteiger partial charge is 0.382 e. The van der Waals surface area contributed by atoms with E-state index in [1.54, 1.807) is 0 Å². The molecule has 0 unspecified atom stereocenters. The molecule has 2 heterocycles. The molecule has 4 nitrogen and oxygen atoms in total. The van der Waals surface area contributed by atoms with Crippen molar-refractivity contribution in [2.75, 3.05) is 31.1 Å². The molecular formula is C16H22N4S. The number of benzene rings is 1. The minimum Gasteiger partial charge on any atom is -0.382 e. The van der Waals surface area contributed by atoms with Crippen LogP contribution >= 0.6 is 11.8 Å². The van der Waals surface area contributed by atoms with E-state index in [1.807, 2.05) is 28.7 Å². The molecule has 0 atom stereocenters. The van der Waals surface area contributed by atoms with E-state index in [1.165, 1.54) is 4.90 Å². The smallest absolute Gasteiger partial charge is 0.145 e. The molecular weight excluding hydrogens is 280 g/mol. The van der Waals surface area contributed by atoms with Crippen molar-refractivity contribution < 1.29 is 0 Å². The van der Waals surface area contributed by atoms with Gasteiger partial charge in [-0.2, -0.15) is 5.10 Å². The van der Waals surface area contributed by atoms with Crippen molar-refractivity contribution in [3.63, 3.8) is 0 Å². The number of nitrogen functional groups attached to an aromatic ring is 1. The molecule has 0 amide bonds. The highest BCUT2D eigenvalue weighted by atomic mass is 32.2. The van der Waals surface area contributed by atoms with Crippen molar-refractivity contribution in [1.29, 1.82) is 0 Å². The lowest BCUT2D eigenvalue weighted by Crippen LogP contribution is -2.36. The molecule has 2 N–H and O–H groups in total. The fourth-order valence-electron chi connectivity index (χ4n) is 2.77. The van der Waals surface area contributed by atoms with E-state index in [0.29, 0.717) is 11.9 Å². The summed E-state index contributed by atoms with van der Waals surface area (Å²) in [4.78, 5) is 3.92. The number of hydrogen-bond donors (Lipinski definition) is 1. The number of aromatic nitrogens is 2. The van der Waals surface area contributed by atoms with E-state index >= 15 is 0 Å². The number of nitrogens with zero attached hydrogens (tertiary/aromatic N) is 3. The van der Waals surface area contributed by atoms with Gasteiger partial charge in [0.15, 0.2) is 0 Å². The summed E-state index contributed by atoms with van der Waals surface area (Å²) < 4.78 is 2.03. The van der Waals surface area contributed by atoms with Crippen LogP contribution in [-0.4, -0.2) is 40.1 Å². The third-order valence-electron chi connectivity index (χ3n) is 3.98. The van der Waals surface area contributed by atoms with E-state index in [4.69, 9.17) is 5.73 Å². The topological polar surface area (TPSA) is 47.1 Å². The summed E-state index contributed by atoms with van der Waals surface area (Å²) in [5.41, 5.74) is 5.69. The number of anilines is 1. The Morgan fingerprint density at radius 2 is 1.90 bits per heavy atom. The van der Waals surface area contributed by atoms with Crippen LogP contribution < -0.4 is 5.73 Å². The van der Waals surface area contributed by atoms with Crippen LogP contribution in [0, 0.1) is 0 Å². The van der Waals surface area contributed by atoms with E-state index in [-0.39, 0.29) is 0 Å². The summed E-state index contributed by atoms with van der Waals surface area (Å²) >= 11 is 1.94. The van der Waals surface area contributed by atoms with Gasteiger partial charge in [0.1, 0.15) is 5.82 Å². The third-order valence-corrected chi connectivity index (χ3v) is 4.97. The Balaban J connectivity index is 1.40. The molecule has 3 rings (SSSR count). The van der Waals surface area contributed by atoms with E-state index in [0.717, 1.165) is 38.2 Å². The Morgan fingerprint density at radius 3 is 2.57 bits per heavy atom. The number of nitrogens with two attached hydrogens (primary N) is 1. The first-order valence-electron chi connectivity index (χ1n) is 7.52. The molecule has 0 bridgehead atoms. The van der Waals surface area contributed by atoms with Crippen LogP contribution in [0.25, 0.3) is 0 Å². The van der Waals surface area contributed by atoms with Gasteiger partial charge < -0.3 is 10.6 Å². The number of piperidine rings is 1. The van der Waals surface area contributed by atoms with Gasteiger partial charge in [0.2, 0.25) is 0 Å². The highest BCUT2D eigenvalue weighted by molar-refractivity contribution is 7.99. The first kappa shape index (κ1) is 14.5. The van der Waals surface area contributed by atoms with Gasteiger partial charge in [-0.15, -0.1) is 11.8 Å². The fraction of sp³-hybridized carbons (Fsp3) is 0.438. The lowest BCUT2D eigenvalue weighted by atomic mass is 10.1. The molecule has 0 aliphatic carbocycles. The molecule has 1 fully saturated rings. The van der Waals surface area contributed by atoms with Crippen LogP contribution in [0.2, 0.25) is 0 Å². The SMILES string of the molecule is Nc1ccn(C2CCN(CCSc3ccccc3)CC2)n1. The number of rotatable bonds is 5.